The van der Waals surface area contributed by atoms with Gasteiger partial charge in [0.1, 0.15) is 23.2 Å². The Bertz CT molecular complexity index is 1340. The molecule has 0 spiro atoms. The average Bonchev–Trinajstić information content (AvgIpc) is 3.15. The Labute approximate surface area is 193 Å². The molecule has 1 heterocycles. The summed E-state index contributed by atoms with van der Waals surface area (Å²) in [5, 5.41) is 12.0. The zero-order chi connectivity index (χ0) is 22.0. The maximum atomic E-state index is 13.1. The fourth-order valence-corrected chi connectivity index (χ4v) is 4.43. The number of halogens is 2. The number of nitrogens with zero attached hydrogens (tertiary/aromatic N) is 1. The zero-order valence-electron chi connectivity index (χ0n) is 16.9. The molecule has 0 aliphatic heterocycles. The quantitative estimate of drug-likeness (QED) is 0.244. The second-order valence-corrected chi connectivity index (χ2v) is 8.46. The van der Waals surface area contributed by atoms with Gasteiger partial charge in [-0.3, -0.25) is 4.79 Å². The van der Waals surface area contributed by atoms with Crippen LogP contribution in [0.5, 0.6) is 5.75 Å². The molecule has 0 aliphatic carbocycles. The van der Waals surface area contributed by atoms with E-state index in [9.17, 15) is 4.79 Å². The fraction of sp³-hybridized carbons (Fsp3) is 0.200. The van der Waals surface area contributed by atoms with Gasteiger partial charge in [-0.05, 0) is 63.5 Å². The smallest absolute Gasteiger partial charge is 0.174 e. The van der Waals surface area contributed by atoms with Crippen LogP contribution in [0.25, 0.3) is 33.1 Å². The van der Waals surface area contributed by atoms with Crippen molar-refractivity contribution in [1.29, 1.82) is 5.26 Å². The first-order chi connectivity index (χ1) is 15.0. The van der Waals surface area contributed by atoms with Crippen LogP contribution < -0.4 is 4.74 Å². The highest BCUT2D eigenvalue weighted by Gasteiger charge is 2.22. The number of ether oxygens (including phenoxy) is 1. The third-order valence-electron chi connectivity index (χ3n) is 5.16. The number of hydrogen-bond acceptors (Lipinski definition) is 4. The molecule has 0 fully saturated rings. The van der Waals surface area contributed by atoms with E-state index in [1.165, 1.54) is 0 Å². The molecule has 4 nitrogen and oxygen atoms in total. The van der Waals surface area contributed by atoms with Crippen LogP contribution in [0.2, 0.25) is 5.02 Å². The number of furan rings is 1. The first-order valence-electron chi connectivity index (χ1n) is 10.0. The van der Waals surface area contributed by atoms with Crippen LogP contribution in [-0.2, 0) is 0 Å². The Balaban J connectivity index is 1.86. The van der Waals surface area contributed by atoms with Crippen molar-refractivity contribution in [3.8, 4) is 23.1 Å². The molecule has 4 rings (SSSR count). The lowest BCUT2D eigenvalue weighted by Gasteiger charge is -2.09. The molecule has 0 bridgehead atoms. The molecule has 31 heavy (non-hydrogen) atoms. The van der Waals surface area contributed by atoms with Crippen LogP contribution in [-0.4, -0.2) is 12.4 Å². The number of ketones is 1. The maximum Gasteiger partial charge on any atom is 0.174 e. The summed E-state index contributed by atoms with van der Waals surface area (Å²) in [5.74, 6) is 1.22. The Hall–Kier alpha value is -2.81. The molecule has 0 N–H and O–H groups in total. The molecule has 0 radical (unpaired) electrons. The number of hydrogen-bond donors (Lipinski definition) is 0. The number of fused-ring (bicyclic) bond motifs is 2. The Morgan fingerprint density at radius 1 is 1.16 bits per heavy atom. The first-order valence-corrected chi connectivity index (χ1v) is 11.2. The molecule has 0 aliphatic rings. The molecule has 4 aromatic rings. The third kappa shape index (κ3) is 4.19. The standard InChI is InChI=1S/C25H19BrClNO3/c1-2-3-4-20(29)23-19-14-17(27)7-10-21(19)31-25(23)16-5-8-18-15(13-16)6-9-22(24(18)26)30-12-11-28/h5-10,13-14H,2-4,12H2,1H3. The zero-order valence-corrected chi connectivity index (χ0v) is 19.2. The molecule has 0 saturated heterocycles. The normalized spacial score (nSPS) is 11.0. The summed E-state index contributed by atoms with van der Waals surface area (Å²) >= 11 is 9.78. The summed E-state index contributed by atoms with van der Waals surface area (Å²) in [5.41, 5.74) is 2.04. The molecule has 156 valence electrons. The number of benzene rings is 3. The summed E-state index contributed by atoms with van der Waals surface area (Å²) in [6.45, 7) is 2.04. The van der Waals surface area contributed by atoms with Gasteiger partial charge in [0.2, 0.25) is 0 Å². The van der Waals surface area contributed by atoms with Crippen molar-refractivity contribution in [1.82, 2.24) is 0 Å². The predicted octanol–water partition coefficient (Wildman–Crippen LogP) is 7.94. The predicted molar refractivity (Wildman–Crippen MR) is 127 cm³/mol. The Morgan fingerprint density at radius 3 is 2.77 bits per heavy atom. The van der Waals surface area contributed by atoms with Gasteiger partial charge in [0.15, 0.2) is 12.4 Å². The summed E-state index contributed by atoms with van der Waals surface area (Å²) in [7, 11) is 0. The van der Waals surface area contributed by atoms with E-state index in [1.807, 2.05) is 36.4 Å². The van der Waals surface area contributed by atoms with Gasteiger partial charge in [-0.15, -0.1) is 0 Å². The Morgan fingerprint density at radius 2 is 2.00 bits per heavy atom. The van der Waals surface area contributed by atoms with Crippen LogP contribution in [0.3, 0.4) is 0 Å². The molecule has 1 aromatic heterocycles. The van der Waals surface area contributed by atoms with E-state index in [0.29, 0.717) is 34.1 Å². The van der Waals surface area contributed by atoms with Gasteiger partial charge >= 0.3 is 0 Å². The molecule has 0 saturated carbocycles. The van der Waals surface area contributed by atoms with Crippen LogP contribution in [0.1, 0.15) is 36.5 Å². The minimum absolute atomic E-state index is 0.0209. The number of rotatable bonds is 7. The summed E-state index contributed by atoms with van der Waals surface area (Å²) < 4.78 is 12.4. The number of Topliss-reactive ketones (excluding diaryl/α,β-unsaturated/α-hetero) is 1. The average molecular weight is 497 g/mol. The van der Waals surface area contributed by atoms with E-state index in [-0.39, 0.29) is 12.4 Å². The van der Waals surface area contributed by atoms with Crippen LogP contribution in [0.15, 0.2) is 57.4 Å². The summed E-state index contributed by atoms with van der Waals surface area (Å²) in [4.78, 5) is 13.1. The van der Waals surface area contributed by atoms with Crippen molar-refractivity contribution in [2.75, 3.05) is 6.61 Å². The van der Waals surface area contributed by atoms with E-state index in [1.54, 1.807) is 18.2 Å². The highest BCUT2D eigenvalue weighted by atomic mass is 79.9. The maximum absolute atomic E-state index is 13.1. The first kappa shape index (κ1) is 21.4. The topological polar surface area (TPSA) is 63.2 Å². The number of carbonyl (C=O) groups is 1. The highest BCUT2D eigenvalue weighted by molar-refractivity contribution is 9.10. The van der Waals surface area contributed by atoms with E-state index >= 15 is 0 Å². The number of carbonyl (C=O) groups excluding carboxylic acids is 1. The second-order valence-electron chi connectivity index (χ2n) is 7.23. The van der Waals surface area contributed by atoms with Crippen LogP contribution in [0, 0.1) is 11.3 Å². The second kappa shape index (κ2) is 9.13. The van der Waals surface area contributed by atoms with Crippen molar-refractivity contribution >= 4 is 55.1 Å². The summed E-state index contributed by atoms with van der Waals surface area (Å²) in [6.07, 6.45) is 2.23. The van der Waals surface area contributed by atoms with Gasteiger partial charge in [0.25, 0.3) is 0 Å². The largest absolute Gasteiger partial charge is 0.478 e. The van der Waals surface area contributed by atoms with E-state index < -0.39 is 0 Å². The SMILES string of the molecule is CCCCC(=O)c1c(-c2ccc3c(Br)c(OCC#N)ccc3c2)oc2ccc(Cl)cc12. The Kier molecular flexibility index (Phi) is 6.31. The van der Waals surface area contributed by atoms with E-state index in [0.717, 1.165) is 39.0 Å². The van der Waals surface area contributed by atoms with Gasteiger partial charge in [0, 0.05) is 22.4 Å². The lowest BCUT2D eigenvalue weighted by Crippen LogP contribution is -2.00. The molecule has 0 atom stereocenters. The number of unbranched alkanes of at least 4 members (excludes halogenated alkanes) is 1. The molecule has 3 aromatic carbocycles. The van der Waals surface area contributed by atoms with Crippen molar-refractivity contribution < 1.29 is 13.9 Å². The summed E-state index contributed by atoms with van der Waals surface area (Å²) in [6, 6.07) is 16.9. The van der Waals surface area contributed by atoms with Gasteiger partial charge in [-0.1, -0.05) is 43.1 Å². The van der Waals surface area contributed by atoms with Gasteiger partial charge in [0.05, 0.1) is 10.0 Å². The lowest BCUT2D eigenvalue weighted by molar-refractivity contribution is 0.0981. The van der Waals surface area contributed by atoms with Crippen molar-refractivity contribution in [2.24, 2.45) is 0 Å². The third-order valence-corrected chi connectivity index (χ3v) is 6.21. The minimum Gasteiger partial charge on any atom is -0.478 e. The minimum atomic E-state index is -0.0209. The van der Waals surface area contributed by atoms with E-state index in [4.69, 9.17) is 26.0 Å². The van der Waals surface area contributed by atoms with Crippen LogP contribution in [0.4, 0.5) is 0 Å². The molecule has 6 heteroatoms. The van der Waals surface area contributed by atoms with Gasteiger partial charge in [-0.25, -0.2) is 0 Å². The van der Waals surface area contributed by atoms with Gasteiger partial charge in [-0.2, -0.15) is 5.26 Å². The van der Waals surface area contributed by atoms with Crippen molar-refractivity contribution in [2.45, 2.75) is 26.2 Å². The lowest BCUT2D eigenvalue weighted by atomic mass is 9.97. The fourth-order valence-electron chi connectivity index (χ4n) is 3.65. The molecular formula is C25H19BrClNO3. The molecule has 0 unspecified atom stereocenters. The van der Waals surface area contributed by atoms with E-state index in [2.05, 4.69) is 22.9 Å². The van der Waals surface area contributed by atoms with Gasteiger partial charge < -0.3 is 9.15 Å². The molecule has 0 amide bonds. The number of nitriles is 1. The monoisotopic (exact) mass is 495 g/mol. The van der Waals surface area contributed by atoms with Crippen LogP contribution >= 0.6 is 27.5 Å². The highest BCUT2D eigenvalue weighted by Crippen LogP contribution is 2.39. The van der Waals surface area contributed by atoms with Crippen molar-refractivity contribution in [3.63, 3.8) is 0 Å². The molecular weight excluding hydrogens is 478 g/mol. The van der Waals surface area contributed by atoms with Crippen molar-refractivity contribution in [3.05, 3.63) is 63.6 Å².